The molecule has 4 heavy (non-hydrogen) atoms. The molecule has 0 N–H and O–H groups in total. The van der Waals surface area contributed by atoms with Gasteiger partial charge in [-0.25, -0.2) is 0 Å². The van der Waals surface area contributed by atoms with Gasteiger partial charge in [0.2, 0.25) is 0 Å². The first-order chi connectivity index (χ1) is 0. The molecule has 0 saturated heterocycles. The minimum absolute atomic E-state index is 0. The van der Waals surface area contributed by atoms with Gasteiger partial charge in [-0.2, -0.15) is 0 Å². The summed E-state index contributed by atoms with van der Waals surface area (Å²) in [4.78, 5) is 0. The van der Waals surface area contributed by atoms with Crippen molar-refractivity contribution in [1.29, 1.82) is 0 Å². The van der Waals surface area contributed by atoms with Gasteiger partial charge in [0.1, 0.15) is 0 Å². The largest absolute Gasteiger partial charge is 2.00 e. The van der Waals surface area contributed by atoms with Crippen LogP contribution in [0.3, 0.4) is 0 Å². The Morgan fingerprint density at radius 2 is 1.25 bits per heavy atom. The molecule has 4 heteroatoms. The maximum absolute atomic E-state index is 0. The van der Waals surface area contributed by atoms with Gasteiger partial charge in [0.25, 0.3) is 0 Å². The first-order valence-corrected chi connectivity index (χ1v) is 0. The molecular weight excluding hydrogens is 476 g/mol. The quantitative estimate of drug-likeness (QED) is 0.425. The van der Waals surface area contributed by atoms with E-state index in [1.165, 1.54) is 0 Å². The molecule has 0 aliphatic rings. The molecule has 0 nitrogen and oxygen atoms in total. The Balaban J connectivity index is 0. The van der Waals surface area contributed by atoms with Crippen molar-refractivity contribution in [2.75, 3.05) is 0 Å². The van der Waals surface area contributed by atoms with Crippen LogP contribution in [0.25, 0.3) is 0 Å². The third-order valence-corrected chi connectivity index (χ3v) is 0. The summed E-state index contributed by atoms with van der Waals surface area (Å²) >= 11 is 0. The van der Waals surface area contributed by atoms with E-state index in [-0.39, 0.29) is 147 Å². The summed E-state index contributed by atoms with van der Waals surface area (Å²) < 4.78 is 0. The van der Waals surface area contributed by atoms with Crippen LogP contribution in [-0.2, 0) is 0 Å². The summed E-state index contributed by atoms with van der Waals surface area (Å²) in [6, 6.07) is 0. The van der Waals surface area contributed by atoms with Crippen LogP contribution in [-0.4, -0.2) is 23.1 Å². The summed E-state index contributed by atoms with van der Waals surface area (Å²) in [7, 11) is 0. The SMILES string of the molecule is [Gd].[H-].[H-].[Mg+2].[Nd].[Sm]. The molecule has 0 radical (unpaired) electrons. The zero-order chi connectivity index (χ0) is 0. The maximum atomic E-state index is 0. The van der Waals surface area contributed by atoms with Gasteiger partial charge >= 0.3 is 23.1 Å². The summed E-state index contributed by atoms with van der Waals surface area (Å²) in [6.45, 7) is 0. The fourth-order valence-corrected chi connectivity index (χ4v) is 0. The van der Waals surface area contributed by atoms with Crippen molar-refractivity contribution in [1.82, 2.24) is 0 Å². The third kappa shape index (κ3) is 9.91. The third-order valence-electron chi connectivity index (χ3n) is 0. The summed E-state index contributed by atoms with van der Waals surface area (Å²) in [5.41, 5.74) is 0. The van der Waals surface area contributed by atoms with Crippen molar-refractivity contribution in [3.63, 3.8) is 0 Å². The Labute approximate surface area is 142 Å². The first kappa shape index (κ1) is 23.3. The van der Waals surface area contributed by atoms with Crippen LogP contribution in [0.2, 0.25) is 0 Å². The molecule has 22 valence electrons. The Bertz CT molecular complexity index is 13.5. The number of hydrogen-bond acceptors (Lipinski definition) is 0. The van der Waals surface area contributed by atoms with Crippen molar-refractivity contribution >= 4 is 23.1 Å². The molecule has 0 aliphatic carbocycles. The molecule has 0 fully saturated rings. The fraction of sp³-hybridized carbons (Fsp3) is 0. The molecule has 0 bridgehead atoms. The second-order valence-electron chi connectivity index (χ2n) is 0. The number of rotatable bonds is 0. The zero-order valence-electron chi connectivity index (χ0n) is 3.97. The Hall–Kier alpha value is 4.78. The summed E-state index contributed by atoms with van der Waals surface area (Å²) in [5, 5.41) is 0. The molecule has 0 aromatic rings. The molecule has 0 spiro atoms. The smallest absolute Gasteiger partial charge is 1.00 e. The van der Waals surface area contributed by atoms with Crippen LogP contribution in [0.4, 0.5) is 0 Å². The van der Waals surface area contributed by atoms with Gasteiger partial charge in [-0.15, -0.1) is 0 Å². The van der Waals surface area contributed by atoms with Gasteiger partial charge in [-0.05, 0) is 0 Å². The molecule has 0 heterocycles. The van der Waals surface area contributed by atoms with Crippen LogP contribution >= 0.6 is 0 Å². The summed E-state index contributed by atoms with van der Waals surface area (Å²) in [5.74, 6) is 0. The van der Waals surface area contributed by atoms with E-state index in [4.69, 9.17) is 0 Å². The monoisotopic (exact) mass is 478 g/mol. The molecule has 0 aromatic carbocycles. The van der Waals surface area contributed by atoms with Gasteiger partial charge in [0.15, 0.2) is 0 Å². The van der Waals surface area contributed by atoms with E-state index < -0.39 is 0 Å². The van der Waals surface area contributed by atoms with Crippen molar-refractivity contribution in [3.8, 4) is 0 Å². The van der Waals surface area contributed by atoms with Gasteiger partial charge in [0, 0.05) is 121 Å². The van der Waals surface area contributed by atoms with E-state index in [0.717, 1.165) is 0 Å². The number of hydrogen-bond donors (Lipinski definition) is 0. The standard InChI is InChI=1S/Gd.Mg.Nd.Sm.2H/q;+2;;;2*-1. The van der Waals surface area contributed by atoms with Crippen molar-refractivity contribution in [3.05, 3.63) is 0 Å². The molecule has 0 saturated carbocycles. The van der Waals surface area contributed by atoms with Crippen LogP contribution in [0, 0.1) is 121 Å². The van der Waals surface area contributed by atoms with Crippen LogP contribution in [0.15, 0.2) is 0 Å². The van der Waals surface area contributed by atoms with Crippen LogP contribution in [0.5, 0.6) is 0 Å². The van der Waals surface area contributed by atoms with E-state index in [2.05, 4.69) is 0 Å². The first-order valence-electron chi connectivity index (χ1n) is 0. The fourth-order valence-electron chi connectivity index (χ4n) is 0. The average molecular weight is 478 g/mol. The molecule has 0 rings (SSSR count). The topological polar surface area (TPSA) is 0 Å². The second-order valence-corrected chi connectivity index (χ2v) is 0. The van der Waals surface area contributed by atoms with E-state index in [1.807, 2.05) is 0 Å². The van der Waals surface area contributed by atoms with Crippen molar-refractivity contribution in [2.45, 2.75) is 0 Å². The van der Waals surface area contributed by atoms with Crippen LogP contribution in [0.1, 0.15) is 2.85 Å². The average Bonchev–Trinajstić information content (AvgIpc) is 0. The van der Waals surface area contributed by atoms with Gasteiger partial charge in [0.05, 0.1) is 0 Å². The van der Waals surface area contributed by atoms with E-state index >= 15 is 0 Å². The van der Waals surface area contributed by atoms with Crippen molar-refractivity contribution in [2.24, 2.45) is 0 Å². The van der Waals surface area contributed by atoms with E-state index in [1.54, 1.807) is 0 Å². The van der Waals surface area contributed by atoms with E-state index in [0.29, 0.717) is 0 Å². The summed E-state index contributed by atoms with van der Waals surface area (Å²) in [6.07, 6.45) is 0. The Morgan fingerprint density at radius 1 is 1.25 bits per heavy atom. The van der Waals surface area contributed by atoms with Crippen molar-refractivity contribution < 1.29 is 124 Å². The van der Waals surface area contributed by atoms with Gasteiger partial charge < -0.3 is 2.85 Å². The molecule has 0 atom stereocenters. The van der Waals surface area contributed by atoms with E-state index in [9.17, 15) is 0 Å². The Kier molecular flexibility index (Phi) is 91.0. The maximum Gasteiger partial charge on any atom is 2.00 e. The zero-order valence-corrected chi connectivity index (χ0v) is 11.5. The minimum atomic E-state index is 0. The molecule has 0 aromatic heterocycles. The minimum Gasteiger partial charge on any atom is -1.00 e. The normalized spacial score (nSPS) is 0. The second kappa shape index (κ2) is 15.7. The molecule has 0 unspecified atom stereocenters. The Morgan fingerprint density at radius 3 is 1.25 bits per heavy atom. The van der Waals surface area contributed by atoms with Gasteiger partial charge in [-0.1, -0.05) is 0 Å². The molecule has 0 amide bonds. The van der Waals surface area contributed by atoms with Gasteiger partial charge in [-0.3, -0.25) is 0 Å². The predicted octanol–water partition coefficient (Wildman–Crippen LogP) is -0.156. The van der Waals surface area contributed by atoms with Crippen LogP contribution < -0.4 is 0 Å². The molecular formula is H2GdMgNdSm. The molecule has 0 aliphatic heterocycles. The predicted molar refractivity (Wildman–Crippen MR) is 7.98 cm³/mol.